The van der Waals surface area contributed by atoms with E-state index in [1.165, 1.54) is 12.4 Å². The number of ketones is 1. The molecule has 1 saturated heterocycles. The number of Topliss-reactive ketones (excluding diaryl/α,β-unsaturated/α-hetero) is 1. The Morgan fingerprint density at radius 2 is 1.92 bits per heavy atom. The van der Waals surface area contributed by atoms with Crippen LogP contribution in [0.25, 0.3) is 22.4 Å². The molecule has 2 atom stereocenters. The van der Waals surface area contributed by atoms with Gasteiger partial charge in [0.2, 0.25) is 5.09 Å². The maximum Gasteiger partial charge on any atom is 0.417 e. The maximum absolute atomic E-state index is 13.6. The van der Waals surface area contributed by atoms with E-state index in [0.29, 0.717) is 36.4 Å². The van der Waals surface area contributed by atoms with Gasteiger partial charge in [0, 0.05) is 47.5 Å². The zero-order valence-corrected chi connectivity index (χ0v) is 21.0. The van der Waals surface area contributed by atoms with E-state index in [4.69, 9.17) is 15.6 Å². The Kier molecular flexibility index (Phi) is 6.82. The molecule has 5 rings (SSSR count). The number of aryl methyl sites for hydroxylation is 1. The van der Waals surface area contributed by atoms with Crippen molar-refractivity contribution < 1.29 is 26.6 Å². The number of rotatable bonds is 7. The highest BCUT2D eigenvalue weighted by Gasteiger charge is 2.38. The standard InChI is InChI=1S/C25H21F3N4O3S2/c26-25(27,28)17-7-9-19(29-14-17)20-13-18(30-15-31-20)8-10-22(33)21-5-3-11-32(21)37(34,36)24-12-16-4-1-2-6-23(16)35-24/h1-2,4,6-7,9,12-15,21H,3,5,8,10-11H2/t21-,37?/m0/s1. The molecule has 3 aromatic heterocycles. The van der Waals surface area contributed by atoms with E-state index >= 15 is 0 Å². The Morgan fingerprint density at radius 1 is 1.11 bits per heavy atom. The fourth-order valence-electron chi connectivity index (χ4n) is 4.36. The molecule has 1 fully saturated rings. The molecule has 1 aliphatic rings. The van der Waals surface area contributed by atoms with E-state index in [1.807, 2.05) is 18.2 Å². The second kappa shape index (κ2) is 9.92. The molecule has 37 heavy (non-hydrogen) atoms. The van der Waals surface area contributed by atoms with Crippen molar-refractivity contribution in [1.82, 2.24) is 19.3 Å². The smallest absolute Gasteiger partial charge is 0.417 e. The van der Waals surface area contributed by atoms with Crippen LogP contribution in [0.1, 0.15) is 30.5 Å². The van der Waals surface area contributed by atoms with E-state index < -0.39 is 26.5 Å². The minimum absolute atomic E-state index is 0.112. The van der Waals surface area contributed by atoms with Crippen LogP contribution in [0.15, 0.2) is 70.6 Å². The number of pyridine rings is 1. The Hall–Kier alpha value is -3.22. The molecule has 0 bridgehead atoms. The van der Waals surface area contributed by atoms with E-state index in [-0.39, 0.29) is 29.4 Å². The molecule has 0 radical (unpaired) electrons. The number of nitrogens with zero attached hydrogens (tertiary/aromatic N) is 4. The van der Waals surface area contributed by atoms with Crippen LogP contribution >= 0.6 is 0 Å². The molecule has 192 valence electrons. The first kappa shape index (κ1) is 25.4. The largest absolute Gasteiger partial charge is 0.446 e. The average molecular weight is 547 g/mol. The summed E-state index contributed by atoms with van der Waals surface area (Å²) in [6.45, 7) is 0.424. The summed E-state index contributed by atoms with van der Waals surface area (Å²) >= 11 is 5.50. The van der Waals surface area contributed by atoms with Gasteiger partial charge in [-0.05, 0) is 43.5 Å². The summed E-state index contributed by atoms with van der Waals surface area (Å²) in [4.78, 5) is 25.3. The number of benzene rings is 1. The molecule has 0 amide bonds. The summed E-state index contributed by atoms with van der Waals surface area (Å²) in [7, 11) is -3.17. The normalized spacial score (nSPS) is 18.2. The molecule has 4 heterocycles. The van der Waals surface area contributed by atoms with Crippen molar-refractivity contribution in [3.8, 4) is 11.4 Å². The highest BCUT2D eigenvalue weighted by atomic mass is 32.8. The average Bonchev–Trinajstić information content (AvgIpc) is 3.55. The van der Waals surface area contributed by atoms with Gasteiger partial charge >= 0.3 is 6.18 Å². The summed E-state index contributed by atoms with van der Waals surface area (Å²) < 4.78 is 59.4. The van der Waals surface area contributed by atoms with Crippen molar-refractivity contribution in [2.45, 2.75) is 43.0 Å². The van der Waals surface area contributed by atoms with E-state index in [1.54, 1.807) is 22.5 Å². The summed E-state index contributed by atoms with van der Waals surface area (Å²) in [5.74, 6) is -0.112. The first-order chi connectivity index (χ1) is 17.6. The van der Waals surface area contributed by atoms with Crippen LogP contribution in [-0.2, 0) is 37.3 Å². The highest BCUT2D eigenvalue weighted by Crippen LogP contribution is 2.32. The molecule has 0 saturated carbocycles. The first-order valence-corrected chi connectivity index (χ1v) is 13.9. The molecule has 4 aromatic rings. The van der Waals surface area contributed by atoms with Crippen LogP contribution in [-0.4, -0.2) is 41.8 Å². The van der Waals surface area contributed by atoms with Gasteiger partial charge in [0.1, 0.15) is 11.9 Å². The number of carbonyl (C=O) groups is 1. The summed E-state index contributed by atoms with van der Waals surface area (Å²) in [6.07, 6.45) is -0.808. The third-order valence-electron chi connectivity index (χ3n) is 6.25. The van der Waals surface area contributed by atoms with Gasteiger partial charge in [-0.25, -0.2) is 18.5 Å². The molecule has 7 nitrogen and oxygen atoms in total. The molecule has 0 N–H and O–H groups in total. The third kappa shape index (κ3) is 5.27. The second-order valence-electron chi connectivity index (χ2n) is 8.67. The number of halogens is 3. The topological polar surface area (TPSA) is 89.2 Å². The van der Waals surface area contributed by atoms with Crippen LogP contribution in [0.4, 0.5) is 13.2 Å². The zero-order valence-electron chi connectivity index (χ0n) is 19.4. The van der Waals surface area contributed by atoms with Crippen molar-refractivity contribution in [3.05, 3.63) is 72.3 Å². The predicted molar refractivity (Wildman–Crippen MR) is 133 cm³/mol. The number of hydrogen-bond acceptors (Lipinski definition) is 7. The Labute approximate surface area is 215 Å². The lowest BCUT2D eigenvalue weighted by molar-refractivity contribution is -0.137. The van der Waals surface area contributed by atoms with Gasteiger partial charge in [-0.2, -0.15) is 13.2 Å². The van der Waals surface area contributed by atoms with Gasteiger partial charge in [0.25, 0.3) is 0 Å². The lowest BCUT2D eigenvalue weighted by Crippen LogP contribution is -2.40. The minimum Gasteiger partial charge on any atom is -0.446 e. The van der Waals surface area contributed by atoms with Crippen LogP contribution in [0, 0.1) is 0 Å². The molecular weight excluding hydrogens is 525 g/mol. The van der Waals surface area contributed by atoms with Crippen LogP contribution in [0.3, 0.4) is 0 Å². The van der Waals surface area contributed by atoms with Crippen molar-refractivity contribution >= 4 is 36.6 Å². The zero-order chi connectivity index (χ0) is 26.2. The summed E-state index contributed by atoms with van der Waals surface area (Å²) in [6, 6.07) is 12.1. The third-order valence-corrected chi connectivity index (χ3v) is 9.08. The van der Waals surface area contributed by atoms with E-state index in [0.717, 1.165) is 17.6 Å². The minimum atomic E-state index is -4.48. The van der Waals surface area contributed by atoms with Crippen molar-refractivity contribution in [2.24, 2.45) is 0 Å². The van der Waals surface area contributed by atoms with Crippen LogP contribution in [0.2, 0.25) is 0 Å². The van der Waals surface area contributed by atoms with E-state index in [2.05, 4.69) is 15.0 Å². The number of hydrogen-bond donors (Lipinski definition) is 0. The van der Waals surface area contributed by atoms with E-state index in [9.17, 15) is 22.2 Å². The molecule has 1 aliphatic heterocycles. The molecular formula is C25H21F3N4O3S2. The number of para-hydroxylation sites is 1. The van der Waals surface area contributed by atoms with Gasteiger partial charge in [0.15, 0.2) is 14.5 Å². The predicted octanol–water partition coefficient (Wildman–Crippen LogP) is 4.99. The molecule has 1 aromatic carbocycles. The maximum atomic E-state index is 13.6. The lowest BCUT2D eigenvalue weighted by atomic mass is 10.0. The van der Waals surface area contributed by atoms with Gasteiger partial charge < -0.3 is 4.42 Å². The van der Waals surface area contributed by atoms with Gasteiger partial charge in [-0.1, -0.05) is 18.2 Å². The quantitative estimate of drug-likeness (QED) is 0.323. The van der Waals surface area contributed by atoms with Gasteiger partial charge in [-0.3, -0.25) is 9.78 Å². The van der Waals surface area contributed by atoms with Crippen LogP contribution in [0.5, 0.6) is 0 Å². The lowest BCUT2D eigenvalue weighted by Gasteiger charge is -2.24. The number of fused-ring (bicyclic) bond motifs is 1. The Morgan fingerprint density at radius 3 is 2.65 bits per heavy atom. The van der Waals surface area contributed by atoms with Crippen molar-refractivity contribution in [2.75, 3.05) is 6.54 Å². The molecule has 0 spiro atoms. The number of aromatic nitrogens is 3. The SMILES string of the molecule is O=C(CCc1cc(-c2ccc(C(F)(F)F)cn2)ncn1)[C@@H]1CCCN1S(=O)(=S)c1cc2ccccc2o1. The van der Waals surface area contributed by atoms with Gasteiger partial charge in [-0.15, -0.1) is 0 Å². The van der Waals surface area contributed by atoms with Crippen LogP contribution < -0.4 is 0 Å². The first-order valence-electron chi connectivity index (χ1n) is 11.5. The number of alkyl halides is 3. The van der Waals surface area contributed by atoms with Crippen molar-refractivity contribution in [3.63, 3.8) is 0 Å². The molecule has 1 unspecified atom stereocenters. The molecule has 12 heteroatoms. The summed E-state index contributed by atoms with van der Waals surface area (Å²) in [5, 5.41) is 0.965. The highest BCUT2D eigenvalue weighted by molar-refractivity contribution is 8.31. The van der Waals surface area contributed by atoms with Crippen molar-refractivity contribution in [1.29, 1.82) is 0 Å². The number of carbonyl (C=O) groups excluding carboxylic acids is 1. The Balaban J connectivity index is 1.28. The fourth-order valence-corrected chi connectivity index (χ4v) is 6.77. The number of furan rings is 1. The second-order valence-corrected chi connectivity index (χ2v) is 11.8. The Bertz CT molecular complexity index is 1520. The fraction of sp³-hybridized carbons (Fsp3) is 0.280. The monoisotopic (exact) mass is 546 g/mol. The summed E-state index contributed by atoms with van der Waals surface area (Å²) in [5.41, 5.74) is 0.896. The molecule has 0 aliphatic carbocycles. The van der Waals surface area contributed by atoms with Gasteiger partial charge in [0.05, 0.1) is 23.0 Å².